The molecule has 118 valence electrons. The maximum Gasteiger partial charge on any atom is 0.0546 e. The quantitative estimate of drug-likeness (QED) is 0.811. The summed E-state index contributed by atoms with van der Waals surface area (Å²) >= 11 is 0. The predicted molar refractivity (Wildman–Crippen MR) is 85.0 cm³/mol. The highest BCUT2D eigenvalue weighted by Gasteiger charge is 2.38. The first kappa shape index (κ1) is 16.3. The lowest BCUT2D eigenvalue weighted by Crippen LogP contribution is -2.52. The highest BCUT2D eigenvalue weighted by atomic mass is 16.5. The minimum absolute atomic E-state index is 0.189. The zero-order valence-electron chi connectivity index (χ0n) is 14.2. The Labute approximate surface area is 125 Å². The first-order chi connectivity index (χ1) is 9.30. The molecule has 0 aromatic carbocycles. The van der Waals surface area contributed by atoms with Crippen LogP contribution in [0.5, 0.6) is 0 Å². The van der Waals surface area contributed by atoms with Gasteiger partial charge in [-0.2, -0.15) is 0 Å². The molecule has 1 N–H and O–H groups in total. The fourth-order valence-electron chi connectivity index (χ4n) is 3.37. The van der Waals surface area contributed by atoms with E-state index in [0.717, 1.165) is 31.6 Å². The molecule has 1 saturated carbocycles. The van der Waals surface area contributed by atoms with E-state index in [-0.39, 0.29) is 5.54 Å². The fourth-order valence-corrected chi connectivity index (χ4v) is 3.37. The Balaban J connectivity index is 1.88. The third-order valence-electron chi connectivity index (χ3n) is 4.83. The van der Waals surface area contributed by atoms with Crippen LogP contribution in [0, 0.1) is 17.3 Å². The molecule has 1 saturated heterocycles. The topological polar surface area (TPSA) is 24.5 Å². The smallest absolute Gasteiger partial charge is 0.0546 e. The SMILES string of the molecule is CC1CC1CN(C)CC1(CNC(C)(C)C)CCCOC1. The molecule has 0 radical (unpaired) electrons. The number of hydrogen-bond acceptors (Lipinski definition) is 3. The van der Waals surface area contributed by atoms with Crippen molar-refractivity contribution in [2.75, 3.05) is 39.9 Å². The third kappa shape index (κ3) is 5.01. The average Bonchev–Trinajstić information content (AvgIpc) is 3.02. The van der Waals surface area contributed by atoms with Gasteiger partial charge in [0.15, 0.2) is 0 Å². The normalized spacial score (nSPS) is 34.5. The van der Waals surface area contributed by atoms with E-state index in [1.165, 1.54) is 32.4 Å². The molecule has 3 nitrogen and oxygen atoms in total. The molecule has 1 aliphatic heterocycles. The van der Waals surface area contributed by atoms with Gasteiger partial charge in [0, 0.05) is 37.2 Å². The van der Waals surface area contributed by atoms with Crippen LogP contribution in [0.2, 0.25) is 0 Å². The van der Waals surface area contributed by atoms with Gasteiger partial charge in [-0.05, 0) is 58.9 Å². The van der Waals surface area contributed by atoms with Gasteiger partial charge in [0.05, 0.1) is 6.61 Å². The van der Waals surface area contributed by atoms with Crippen LogP contribution in [-0.2, 0) is 4.74 Å². The lowest BCUT2D eigenvalue weighted by molar-refractivity contribution is -0.0259. The van der Waals surface area contributed by atoms with E-state index in [1.807, 2.05) is 0 Å². The number of nitrogens with zero attached hydrogens (tertiary/aromatic N) is 1. The van der Waals surface area contributed by atoms with Crippen LogP contribution in [0.3, 0.4) is 0 Å². The molecule has 1 aliphatic carbocycles. The lowest BCUT2D eigenvalue weighted by atomic mass is 9.81. The number of ether oxygens (including phenoxy) is 1. The van der Waals surface area contributed by atoms with Crippen LogP contribution in [-0.4, -0.2) is 50.3 Å². The van der Waals surface area contributed by atoms with Crippen molar-refractivity contribution in [2.45, 2.75) is 52.5 Å². The van der Waals surface area contributed by atoms with Gasteiger partial charge < -0.3 is 15.0 Å². The van der Waals surface area contributed by atoms with Crippen molar-refractivity contribution in [3.63, 3.8) is 0 Å². The molecule has 2 fully saturated rings. The van der Waals surface area contributed by atoms with E-state index in [0.29, 0.717) is 5.41 Å². The maximum absolute atomic E-state index is 5.83. The summed E-state index contributed by atoms with van der Waals surface area (Å²) in [4.78, 5) is 2.55. The summed E-state index contributed by atoms with van der Waals surface area (Å²) in [6.45, 7) is 14.5. The van der Waals surface area contributed by atoms with Gasteiger partial charge in [-0.25, -0.2) is 0 Å². The van der Waals surface area contributed by atoms with Gasteiger partial charge >= 0.3 is 0 Å². The largest absolute Gasteiger partial charge is 0.381 e. The molecule has 20 heavy (non-hydrogen) atoms. The van der Waals surface area contributed by atoms with Crippen LogP contribution >= 0.6 is 0 Å². The summed E-state index contributed by atoms with van der Waals surface area (Å²) < 4.78 is 5.83. The van der Waals surface area contributed by atoms with E-state index in [2.05, 4.69) is 45.0 Å². The molecule has 0 amide bonds. The van der Waals surface area contributed by atoms with Crippen LogP contribution in [0.15, 0.2) is 0 Å². The minimum Gasteiger partial charge on any atom is -0.381 e. The fraction of sp³-hybridized carbons (Fsp3) is 1.00. The summed E-state index contributed by atoms with van der Waals surface area (Å²) in [5.74, 6) is 1.89. The average molecular weight is 282 g/mol. The van der Waals surface area contributed by atoms with E-state index in [9.17, 15) is 0 Å². The van der Waals surface area contributed by atoms with Gasteiger partial charge in [-0.15, -0.1) is 0 Å². The molecule has 3 atom stereocenters. The molecule has 3 heteroatoms. The van der Waals surface area contributed by atoms with Gasteiger partial charge in [0.25, 0.3) is 0 Å². The van der Waals surface area contributed by atoms with E-state index in [1.54, 1.807) is 0 Å². The first-order valence-electron chi connectivity index (χ1n) is 8.31. The number of rotatable bonds is 6. The third-order valence-corrected chi connectivity index (χ3v) is 4.83. The monoisotopic (exact) mass is 282 g/mol. The van der Waals surface area contributed by atoms with E-state index < -0.39 is 0 Å². The highest BCUT2D eigenvalue weighted by Crippen LogP contribution is 2.39. The molecule has 1 heterocycles. The molecular formula is C17H34N2O. The second-order valence-corrected chi connectivity index (χ2v) is 8.43. The minimum atomic E-state index is 0.189. The molecule has 0 bridgehead atoms. The van der Waals surface area contributed by atoms with E-state index in [4.69, 9.17) is 4.74 Å². The van der Waals surface area contributed by atoms with Crippen molar-refractivity contribution < 1.29 is 4.74 Å². The Hall–Kier alpha value is -0.120. The van der Waals surface area contributed by atoms with Crippen LogP contribution in [0.1, 0.15) is 47.0 Å². The van der Waals surface area contributed by atoms with Crippen molar-refractivity contribution in [2.24, 2.45) is 17.3 Å². The molecule has 3 unspecified atom stereocenters. The van der Waals surface area contributed by atoms with Crippen molar-refractivity contribution in [1.82, 2.24) is 10.2 Å². The summed E-state index contributed by atoms with van der Waals surface area (Å²) in [6, 6.07) is 0. The van der Waals surface area contributed by atoms with Crippen molar-refractivity contribution in [1.29, 1.82) is 0 Å². The number of hydrogen-bond donors (Lipinski definition) is 1. The lowest BCUT2D eigenvalue weighted by Gasteiger charge is -2.42. The first-order valence-corrected chi connectivity index (χ1v) is 8.31. The predicted octanol–water partition coefficient (Wildman–Crippen LogP) is 2.76. The van der Waals surface area contributed by atoms with Crippen molar-refractivity contribution in [3.05, 3.63) is 0 Å². The van der Waals surface area contributed by atoms with Crippen LogP contribution in [0.25, 0.3) is 0 Å². The molecule has 0 spiro atoms. The number of nitrogens with one attached hydrogen (secondary N) is 1. The molecular weight excluding hydrogens is 248 g/mol. The Morgan fingerprint density at radius 1 is 1.35 bits per heavy atom. The molecule has 0 aromatic rings. The Morgan fingerprint density at radius 2 is 2.05 bits per heavy atom. The van der Waals surface area contributed by atoms with Crippen molar-refractivity contribution in [3.8, 4) is 0 Å². The van der Waals surface area contributed by atoms with E-state index >= 15 is 0 Å². The highest BCUT2D eigenvalue weighted by molar-refractivity contribution is 4.91. The summed E-state index contributed by atoms with van der Waals surface area (Å²) in [5.41, 5.74) is 0.492. The van der Waals surface area contributed by atoms with Crippen LogP contribution in [0.4, 0.5) is 0 Å². The van der Waals surface area contributed by atoms with Crippen LogP contribution < -0.4 is 5.32 Å². The van der Waals surface area contributed by atoms with Gasteiger partial charge in [0.1, 0.15) is 0 Å². The molecule has 2 aliphatic rings. The second-order valence-electron chi connectivity index (χ2n) is 8.43. The zero-order valence-corrected chi connectivity index (χ0v) is 14.2. The molecule has 2 rings (SSSR count). The summed E-state index contributed by atoms with van der Waals surface area (Å²) in [6.07, 6.45) is 3.92. The molecule has 0 aromatic heterocycles. The Morgan fingerprint density at radius 3 is 2.55 bits per heavy atom. The van der Waals surface area contributed by atoms with Gasteiger partial charge in [0.2, 0.25) is 0 Å². The zero-order chi connectivity index (χ0) is 14.8. The maximum atomic E-state index is 5.83. The Kier molecular flexibility index (Phi) is 5.14. The Bertz CT molecular complexity index is 305. The summed E-state index contributed by atoms with van der Waals surface area (Å²) in [5, 5.41) is 3.71. The van der Waals surface area contributed by atoms with Gasteiger partial charge in [-0.3, -0.25) is 0 Å². The van der Waals surface area contributed by atoms with Crippen molar-refractivity contribution >= 4 is 0 Å². The summed E-state index contributed by atoms with van der Waals surface area (Å²) in [7, 11) is 2.29. The van der Waals surface area contributed by atoms with Gasteiger partial charge in [-0.1, -0.05) is 6.92 Å². The second kappa shape index (κ2) is 6.33. The standard InChI is InChI=1S/C17H34N2O/c1-14-9-15(14)10-19(5)12-17(7-6-8-20-13-17)11-18-16(2,3)4/h14-15,18H,6-13H2,1-5H3.